The average molecular weight is 336 g/mol. The fourth-order valence-electron chi connectivity index (χ4n) is 1.48. The summed E-state index contributed by atoms with van der Waals surface area (Å²) >= 11 is 0. The van der Waals surface area contributed by atoms with E-state index in [1.165, 1.54) is 13.8 Å². The van der Waals surface area contributed by atoms with E-state index in [1.54, 1.807) is 0 Å². The fourth-order valence-corrected chi connectivity index (χ4v) is 4.83. The first-order valence-electron chi connectivity index (χ1n) is 5.83. The van der Waals surface area contributed by atoms with Crippen molar-refractivity contribution in [2.75, 3.05) is 15.2 Å². The summed E-state index contributed by atoms with van der Waals surface area (Å²) in [4.78, 5) is 13.3. The molecule has 0 spiro atoms. The molecule has 1 rings (SSSR count). The molecule has 0 heterocycles. The van der Waals surface area contributed by atoms with Gasteiger partial charge in [0.2, 0.25) is 26.1 Å². The Morgan fingerprint density at radius 2 is 1.67 bits per heavy atom. The topological polar surface area (TPSA) is 101 Å². The molecule has 0 saturated heterocycles. The second-order valence-corrected chi connectivity index (χ2v) is 8.28. The van der Waals surface area contributed by atoms with Gasteiger partial charge in [-0.2, -0.15) is 8.70 Å². The number of rotatable bonds is 6. The second-order valence-electron chi connectivity index (χ2n) is 3.84. The number of sulfonamides is 2. The Bertz CT molecular complexity index is 749. The van der Waals surface area contributed by atoms with Crippen molar-refractivity contribution in [3.63, 3.8) is 0 Å². The van der Waals surface area contributed by atoms with Crippen molar-refractivity contribution in [1.29, 1.82) is 0 Å². The number of aliphatic imine (C=N–C) groups is 1. The monoisotopic (exact) mass is 336 g/mol. The number of nitrogens with zero attached hydrogens (tertiary/aromatic N) is 2. The maximum absolute atomic E-state index is 13.4. The molecule has 0 aliphatic rings. The highest BCUT2D eigenvalue weighted by molar-refractivity contribution is 8.10. The fraction of sp³-hybridized carbons (Fsp3) is 0.364. The van der Waals surface area contributed by atoms with E-state index in [9.17, 15) is 26.0 Å². The number of benzene rings is 1. The molecule has 116 valence electrons. The zero-order valence-electron chi connectivity index (χ0n) is 11.3. The van der Waals surface area contributed by atoms with Crippen molar-refractivity contribution in [3.8, 4) is 0 Å². The molecule has 0 N–H and O–H groups in total. The van der Waals surface area contributed by atoms with Crippen LogP contribution >= 0.6 is 0 Å². The third-order valence-electron chi connectivity index (χ3n) is 2.54. The summed E-state index contributed by atoms with van der Waals surface area (Å²) < 4.78 is 61.6. The van der Waals surface area contributed by atoms with Gasteiger partial charge < -0.3 is 0 Å². The molecule has 0 radical (unpaired) electrons. The SMILES string of the molecule is CCS(=O)(=O)N(c1ccc(F)c(N=C=O)c1)S(=O)(=O)CC. The summed E-state index contributed by atoms with van der Waals surface area (Å²) in [6, 6.07) is 2.68. The predicted octanol–water partition coefficient (Wildman–Crippen LogP) is 1.30. The molecular formula is C11H13FN2O5S2. The third-order valence-corrected chi connectivity index (χ3v) is 6.80. The van der Waals surface area contributed by atoms with E-state index in [4.69, 9.17) is 0 Å². The Labute approximate surface area is 122 Å². The van der Waals surface area contributed by atoms with Gasteiger partial charge in [0.05, 0.1) is 17.2 Å². The van der Waals surface area contributed by atoms with Crippen molar-refractivity contribution in [2.24, 2.45) is 4.99 Å². The lowest BCUT2D eigenvalue weighted by Gasteiger charge is -2.22. The van der Waals surface area contributed by atoms with Crippen LogP contribution in [0, 0.1) is 5.82 Å². The van der Waals surface area contributed by atoms with Crippen LogP contribution in [0.15, 0.2) is 23.2 Å². The summed E-state index contributed by atoms with van der Waals surface area (Å²) in [5.41, 5.74) is -0.806. The van der Waals surface area contributed by atoms with Gasteiger partial charge in [0, 0.05) is 0 Å². The van der Waals surface area contributed by atoms with Crippen LogP contribution in [0.4, 0.5) is 15.8 Å². The summed E-state index contributed by atoms with van der Waals surface area (Å²) in [5, 5.41) is 0. The van der Waals surface area contributed by atoms with Gasteiger partial charge >= 0.3 is 0 Å². The number of isocyanates is 1. The molecule has 0 saturated carbocycles. The van der Waals surface area contributed by atoms with Crippen molar-refractivity contribution < 1.29 is 26.0 Å². The molecule has 0 amide bonds. The van der Waals surface area contributed by atoms with Crippen LogP contribution in [0.1, 0.15) is 13.8 Å². The van der Waals surface area contributed by atoms with Crippen LogP contribution in [0.2, 0.25) is 0 Å². The number of hydrogen-bond donors (Lipinski definition) is 0. The van der Waals surface area contributed by atoms with Gasteiger partial charge in [-0.1, -0.05) is 0 Å². The Kier molecular flexibility index (Phi) is 5.21. The summed E-state index contributed by atoms with van der Waals surface area (Å²) in [7, 11) is -8.29. The number of anilines is 1. The minimum Gasteiger partial charge on any atom is -0.211 e. The normalized spacial score (nSPS) is 11.8. The Balaban J connectivity index is 3.63. The highest BCUT2D eigenvalue weighted by atomic mass is 32.3. The van der Waals surface area contributed by atoms with Crippen LogP contribution in [0.5, 0.6) is 0 Å². The van der Waals surface area contributed by atoms with Crippen LogP contribution in [-0.2, 0) is 24.8 Å². The lowest BCUT2D eigenvalue weighted by molar-refractivity contribution is 0.564. The van der Waals surface area contributed by atoms with E-state index in [-0.39, 0.29) is 9.40 Å². The van der Waals surface area contributed by atoms with Crippen LogP contribution < -0.4 is 3.71 Å². The van der Waals surface area contributed by atoms with Gasteiger partial charge in [-0.05, 0) is 32.0 Å². The van der Waals surface area contributed by atoms with E-state index in [2.05, 4.69) is 4.99 Å². The molecule has 1 aromatic rings. The Hall–Kier alpha value is -1.77. The highest BCUT2D eigenvalue weighted by Crippen LogP contribution is 2.29. The quantitative estimate of drug-likeness (QED) is 0.575. The highest BCUT2D eigenvalue weighted by Gasteiger charge is 2.32. The zero-order chi connectivity index (χ0) is 16.3. The maximum atomic E-state index is 13.4. The number of halogens is 1. The standard InChI is InChI=1S/C11H13FN2O5S2/c1-3-20(16,17)14(21(18,19)4-2)9-5-6-10(12)11(7-9)13-8-15/h5-7H,3-4H2,1-2H3. The largest absolute Gasteiger partial charge is 0.247 e. The molecule has 0 aliphatic carbocycles. The molecule has 21 heavy (non-hydrogen) atoms. The van der Waals surface area contributed by atoms with Crippen molar-refractivity contribution in [1.82, 2.24) is 0 Å². The van der Waals surface area contributed by atoms with Crippen LogP contribution in [-0.4, -0.2) is 34.4 Å². The van der Waals surface area contributed by atoms with Gasteiger partial charge in [0.15, 0.2) is 0 Å². The molecule has 7 nitrogen and oxygen atoms in total. The van der Waals surface area contributed by atoms with E-state index in [0.717, 1.165) is 24.3 Å². The van der Waals surface area contributed by atoms with E-state index in [0.29, 0.717) is 0 Å². The maximum Gasteiger partial charge on any atom is 0.247 e. The van der Waals surface area contributed by atoms with Gasteiger partial charge in [-0.15, -0.1) is 0 Å². The van der Waals surface area contributed by atoms with Gasteiger partial charge in [0.1, 0.15) is 11.5 Å². The molecule has 0 aliphatic heterocycles. The molecule has 10 heteroatoms. The van der Waals surface area contributed by atoms with Gasteiger partial charge in [0.25, 0.3) is 0 Å². The van der Waals surface area contributed by atoms with E-state index >= 15 is 0 Å². The molecule has 1 aromatic carbocycles. The van der Waals surface area contributed by atoms with Crippen molar-refractivity contribution in [2.45, 2.75) is 13.8 Å². The zero-order valence-corrected chi connectivity index (χ0v) is 12.9. The van der Waals surface area contributed by atoms with Crippen LogP contribution in [0.25, 0.3) is 0 Å². The van der Waals surface area contributed by atoms with E-state index < -0.39 is 43.1 Å². The Morgan fingerprint density at radius 1 is 1.14 bits per heavy atom. The summed E-state index contributed by atoms with van der Waals surface area (Å²) in [5.74, 6) is -1.82. The van der Waals surface area contributed by atoms with E-state index in [1.807, 2.05) is 0 Å². The average Bonchev–Trinajstić information content (AvgIpc) is 2.42. The smallest absolute Gasteiger partial charge is 0.211 e. The lowest BCUT2D eigenvalue weighted by atomic mass is 10.3. The molecule has 0 bridgehead atoms. The lowest BCUT2D eigenvalue weighted by Crippen LogP contribution is -2.39. The van der Waals surface area contributed by atoms with Gasteiger partial charge in [-0.25, -0.2) is 26.0 Å². The number of hydrogen-bond acceptors (Lipinski definition) is 6. The first kappa shape index (κ1) is 17.3. The van der Waals surface area contributed by atoms with Gasteiger partial charge in [-0.3, -0.25) is 0 Å². The second kappa shape index (κ2) is 6.33. The Morgan fingerprint density at radius 3 is 2.10 bits per heavy atom. The minimum absolute atomic E-state index is 0.225. The summed E-state index contributed by atoms with van der Waals surface area (Å²) in [6.07, 6.45) is 1.11. The molecule has 0 atom stereocenters. The molecule has 0 fully saturated rings. The van der Waals surface area contributed by atoms with Crippen molar-refractivity contribution in [3.05, 3.63) is 24.0 Å². The first-order valence-corrected chi connectivity index (χ1v) is 9.04. The molecule has 0 unspecified atom stereocenters. The summed E-state index contributed by atoms with van der Waals surface area (Å²) in [6.45, 7) is 2.56. The molecular weight excluding hydrogens is 323 g/mol. The van der Waals surface area contributed by atoms with Crippen molar-refractivity contribution >= 4 is 37.5 Å². The predicted molar refractivity (Wildman–Crippen MR) is 75.6 cm³/mol. The minimum atomic E-state index is -4.14. The first-order chi connectivity index (χ1) is 9.69. The third kappa shape index (κ3) is 3.66. The van der Waals surface area contributed by atoms with Crippen LogP contribution in [0.3, 0.4) is 0 Å². The molecule has 0 aromatic heterocycles. The number of carbonyl (C=O) groups excluding carboxylic acids is 1.